The van der Waals surface area contributed by atoms with Crippen LogP contribution in [0.25, 0.3) is 11.5 Å². The summed E-state index contributed by atoms with van der Waals surface area (Å²) in [4.78, 5) is 25.3. The highest BCUT2D eigenvalue weighted by Crippen LogP contribution is 2.34. The summed E-state index contributed by atoms with van der Waals surface area (Å²) in [6, 6.07) is 18.7. The highest BCUT2D eigenvalue weighted by Gasteiger charge is 2.17. The van der Waals surface area contributed by atoms with E-state index < -0.39 is 5.91 Å². The lowest BCUT2D eigenvalue weighted by molar-refractivity contribution is -0.118. The molecule has 1 aliphatic heterocycles. The molecule has 2 amide bonds. The number of carbonyl (C=O) groups excluding carboxylic acids is 2. The average molecular weight is 458 g/mol. The molecule has 0 bridgehead atoms. The molecule has 170 valence electrons. The Labute approximate surface area is 193 Å². The van der Waals surface area contributed by atoms with Gasteiger partial charge in [0.2, 0.25) is 19.1 Å². The Balaban J connectivity index is 1.20. The molecule has 0 spiro atoms. The summed E-state index contributed by atoms with van der Waals surface area (Å²) in [5.74, 6) is 1.26. The van der Waals surface area contributed by atoms with E-state index in [0.717, 1.165) is 5.56 Å². The van der Waals surface area contributed by atoms with Gasteiger partial charge in [0.05, 0.1) is 11.3 Å². The first-order chi connectivity index (χ1) is 16.7. The number of amides is 2. The van der Waals surface area contributed by atoms with E-state index in [1.165, 1.54) is 6.39 Å². The van der Waals surface area contributed by atoms with Crippen molar-refractivity contribution in [2.45, 2.75) is 0 Å². The topological polar surface area (TPSA) is 125 Å². The number of anilines is 2. The van der Waals surface area contributed by atoms with Gasteiger partial charge in [0, 0.05) is 17.3 Å². The zero-order valence-corrected chi connectivity index (χ0v) is 17.7. The Kier molecular flexibility index (Phi) is 5.76. The number of carbonyl (C=O) groups is 2. The van der Waals surface area contributed by atoms with Crippen LogP contribution in [0.2, 0.25) is 0 Å². The molecule has 10 nitrogen and oxygen atoms in total. The molecule has 4 aromatic rings. The van der Waals surface area contributed by atoms with Crippen molar-refractivity contribution in [2.24, 2.45) is 0 Å². The number of hydrogen-bond acceptors (Lipinski definition) is 8. The van der Waals surface area contributed by atoms with Gasteiger partial charge in [0.25, 0.3) is 11.8 Å². The molecule has 0 atom stereocenters. The van der Waals surface area contributed by atoms with Crippen LogP contribution in [0.1, 0.15) is 10.4 Å². The molecular weight excluding hydrogens is 440 g/mol. The summed E-state index contributed by atoms with van der Waals surface area (Å²) in [7, 11) is 0. The summed E-state index contributed by atoms with van der Waals surface area (Å²) in [6.45, 7) is -0.0928. The van der Waals surface area contributed by atoms with Gasteiger partial charge < -0.3 is 29.3 Å². The van der Waals surface area contributed by atoms with Crippen LogP contribution in [0, 0.1) is 0 Å². The second-order valence-electron chi connectivity index (χ2n) is 7.17. The predicted octanol–water partition coefficient (Wildman–Crippen LogP) is 3.74. The van der Waals surface area contributed by atoms with Crippen LogP contribution in [0.5, 0.6) is 17.2 Å². The third-order valence-corrected chi connectivity index (χ3v) is 4.91. The van der Waals surface area contributed by atoms with Gasteiger partial charge in [-0.1, -0.05) is 12.1 Å². The lowest BCUT2D eigenvalue weighted by Gasteiger charge is -2.12. The molecule has 10 heteroatoms. The lowest BCUT2D eigenvalue weighted by Crippen LogP contribution is -2.22. The van der Waals surface area contributed by atoms with Gasteiger partial charge >= 0.3 is 0 Å². The van der Waals surface area contributed by atoms with Crippen LogP contribution in [0.3, 0.4) is 0 Å². The fourth-order valence-electron chi connectivity index (χ4n) is 3.29. The number of para-hydroxylation sites is 1. The molecule has 0 aliphatic carbocycles. The van der Waals surface area contributed by atoms with Crippen LogP contribution >= 0.6 is 0 Å². The van der Waals surface area contributed by atoms with Gasteiger partial charge in [-0.25, -0.2) is 0 Å². The molecule has 0 fully saturated rings. The number of aromatic nitrogens is 2. The van der Waals surface area contributed by atoms with Crippen LogP contribution < -0.4 is 24.8 Å². The molecule has 34 heavy (non-hydrogen) atoms. The average Bonchev–Trinajstić information content (AvgIpc) is 3.55. The van der Waals surface area contributed by atoms with E-state index in [2.05, 4.69) is 20.8 Å². The van der Waals surface area contributed by atoms with Gasteiger partial charge in [-0.05, 0) is 48.5 Å². The van der Waals surface area contributed by atoms with Crippen molar-refractivity contribution >= 4 is 23.2 Å². The summed E-state index contributed by atoms with van der Waals surface area (Å²) >= 11 is 0. The molecule has 1 aromatic heterocycles. The molecule has 5 rings (SSSR count). The molecule has 0 unspecified atom stereocenters. The molecule has 3 aromatic carbocycles. The minimum atomic E-state index is -0.413. The Bertz CT molecular complexity index is 1320. The maximum Gasteiger partial charge on any atom is 0.262 e. The third kappa shape index (κ3) is 4.65. The fourth-order valence-corrected chi connectivity index (χ4v) is 3.29. The second kappa shape index (κ2) is 9.33. The van der Waals surface area contributed by atoms with Crippen LogP contribution in [-0.4, -0.2) is 35.4 Å². The largest absolute Gasteiger partial charge is 0.484 e. The molecule has 0 radical (unpaired) electrons. The SMILES string of the molecule is O=C(COc1ccc(-c2nnco2)cc1)Nc1ccccc1C(=O)Nc1ccc2c(c1)OCO2. The first kappa shape index (κ1) is 21.0. The van der Waals surface area contributed by atoms with Gasteiger partial charge in [-0.2, -0.15) is 0 Å². The lowest BCUT2D eigenvalue weighted by atomic mass is 10.1. The number of rotatable bonds is 7. The van der Waals surface area contributed by atoms with Crippen molar-refractivity contribution in [3.63, 3.8) is 0 Å². The van der Waals surface area contributed by atoms with Crippen molar-refractivity contribution in [3.8, 4) is 28.7 Å². The van der Waals surface area contributed by atoms with Crippen LogP contribution in [-0.2, 0) is 4.79 Å². The highest BCUT2D eigenvalue weighted by atomic mass is 16.7. The van der Waals surface area contributed by atoms with Crippen molar-refractivity contribution in [2.75, 3.05) is 24.0 Å². The maximum absolute atomic E-state index is 12.8. The third-order valence-electron chi connectivity index (χ3n) is 4.91. The van der Waals surface area contributed by atoms with E-state index in [4.69, 9.17) is 18.6 Å². The smallest absolute Gasteiger partial charge is 0.262 e. The minimum absolute atomic E-state index is 0.145. The van der Waals surface area contributed by atoms with E-state index in [0.29, 0.717) is 40.1 Å². The van der Waals surface area contributed by atoms with E-state index in [-0.39, 0.29) is 19.3 Å². The van der Waals surface area contributed by atoms with Gasteiger partial charge in [0.1, 0.15) is 5.75 Å². The molecule has 1 aliphatic rings. The van der Waals surface area contributed by atoms with E-state index in [1.807, 2.05) is 0 Å². The molecule has 2 N–H and O–H groups in total. The highest BCUT2D eigenvalue weighted by molar-refractivity contribution is 6.10. The predicted molar refractivity (Wildman–Crippen MR) is 121 cm³/mol. The number of hydrogen-bond donors (Lipinski definition) is 2. The number of nitrogens with one attached hydrogen (secondary N) is 2. The van der Waals surface area contributed by atoms with E-state index >= 15 is 0 Å². The molecule has 2 heterocycles. The zero-order chi connectivity index (χ0) is 23.3. The van der Waals surface area contributed by atoms with Crippen LogP contribution in [0.15, 0.2) is 77.5 Å². The quantitative estimate of drug-likeness (QED) is 0.429. The first-order valence-electron chi connectivity index (χ1n) is 10.2. The summed E-state index contributed by atoms with van der Waals surface area (Å²) in [5, 5.41) is 13.0. The Morgan fingerprint density at radius 1 is 0.941 bits per heavy atom. The standard InChI is InChI=1S/C24H18N4O6/c29-22(12-31-17-8-5-15(6-9-17)24-28-25-13-32-24)27-19-4-2-1-3-18(19)23(30)26-16-7-10-20-21(11-16)34-14-33-20/h1-11,13H,12,14H2,(H,26,30)(H,27,29). The minimum Gasteiger partial charge on any atom is -0.484 e. The summed E-state index contributed by atoms with van der Waals surface area (Å²) in [5.41, 5.74) is 1.94. The number of fused-ring (bicyclic) bond motifs is 1. The van der Waals surface area contributed by atoms with Crippen molar-refractivity contribution in [1.29, 1.82) is 0 Å². The fraction of sp³-hybridized carbons (Fsp3) is 0.0833. The van der Waals surface area contributed by atoms with Crippen molar-refractivity contribution in [1.82, 2.24) is 10.2 Å². The van der Waals surface area contributed by atoms with Crippen LogP contribution in [0.4, 0.5) is 11.4 Å². The van der Waals surface area contributed by atoms with Gasteiger partial charge in [0.15, 0.2) is 18.1 Å². The normalized spacial score (nSPS) is 11.6. The summed E-state index contributed by atoms with van der Waals surface area (Å²) < 4.78 is 21.3. The molecule has 0 saturated carbocycles. The maximum atomic E-state index is 12.8. The zero-order valence-electron chi connectivity index (χ0n) is 17.7. The van der Waals surface area contributed by atoms with Crippen molar-refractivity contribution < 1.29 is 28.2 Å². The van der Waals surface area contributed by atoms with Gasteiger partial charge in [-0.15, -0.1) is 10.2 Å². The monoisotopic (exact) mass is 458 g/mol. The summed E-state index contributed by atoms with van der Waals surface area (Å²) in [6.07, 6.45) is 1.25. The Morgan fingerprint density at radius 3 is 2.59 bits per heavy atom. The molecule has 0 saturated heterocycles. The van der Waals surface area contributed by atoms with E-state index in [9.17, 15) is 9.59 Å². The Hall–Kier alpha value is -4.86. The molecular formula is C24H18N4O6. The van der Waals surface area contributed by atoms with E-state index in [1.54, 1.807) is 66.7 Å². The number of benzene rings is 3. The van der Waals surface area contributed by atoms with Gasteiger partial charge in [-0.3, -0.25) is 9.59 Å². The Morgan fingerprint density at radius 2 is 1.76 bits per heavy atom. The number of nitrogens with zero attached hydrogens (tertiary/aromatic N) is 2. The number of ether oxygens (including phenoxy) is 3. The van der Waals surface area contributed by atoms with Crippen molar-refractivity contribution in [3.05, 3.63) is 78.7 Å². The second-order valence-corrected chi connectivity index (χ2v) is 7.17. The first-order valence-corrected chi connectivity index (χ1v) is 10.2.